The molecule has 0 bridgehead atoms. The van der Waals surface area contributed by atoms with E-state index < -0.39 is 22.0 Å². The minimum Gasteiger partial charge on any atom is -0.486 e. The largest absolute Gasteiger partial charge is 0.486 e. The van der Waals surface area contributed by atoms with Crippen LogP contribution in [0.25, 0.3) is 11.0 Å². The summed E-state index contributed by atoms with van der Waals surface area (Å²) in [5, 5.41) is 3.99. The Morgan fingerprint density at radius 2 is 1.76 bits per heavy atom. The molecule has 0 saturated carbocycles. The summed E-state index contributed by atoms with van der Waals surface area (Å²) < 4.78 is 33.7. The van der Waals surface area contributed by atoms with Gasteiger partial charge in [0.15, 0.2) is 0 Å². The average Bonchev–Trinajstić information content (AvgIpc) is 3.30. The topological polar surface area (TPSA) is 126 Å². The number of imidazole rings is 1. The van der Waals surface area contributed by atoms with Crippen molar-refractivity contribution in [2.45, 2.75) is 38.3 Å². The van der Waals surface area contributed by atoms with Crippen molar-refractivity contribution >= 4 is 33.2 Å². The zero-order valence-corrected chi connectivity index (χ0v) is 21.6. The number of hydrogen-bond acceptors (Lipinski definition) is 6. The van der Waals surface area contributed by atoms with E-state index in [0.717, 1.165) is 28.0 Å². The van der Waals surface area contributed by atoms with Gasteiger partial charge in [-0.3, -0.25) is 4.79 Å². The summed E-state index contributed by atoms with van der Waals surface area (Å²) in [6.45, 7) is 5.69. The van der Waals surface area contributed by atoms with E-state index >= 15 is 0 Å². The van der Waals surface area contributed by atoms with Crippen molar-refractivity contribution < 1.29 is 17.9 Å². The van der Waals surface area contributed by atoms with Gasteiger partial charge < -0.3 is 9.72 Å². The first-order valence-electron chi connectivity index (χ1n) is 11.8. The molecule has 3 N–H and O–H groups in total. The minimum atomic E-state index is -3.86. The number of carbonyl (C=O) groups is 1. The number of amides is 1. The molecule has 1 amide bonds. The Kier molecular flexibility index (Phi) is 8.00. The molecule has 0 spiro atoms. The zero-order chi connectivity index (χ0) is 26.4. The van der Waals surface area contributed by atoms with E-state index in [0.29, 0.717) is 12.4 Å². The quantitative estimate of drug-likeness (QED) is 0.216. The number of sulfonamides is 1. The van der Waals surface area contributed by atoms with Gasteiger partial charge in [-0.2, -0.15) is 9.82 Å². The van der Waals surface area contributed by atoms with Crippen LogP contribution in [0.3, 0.4) is 0 Å². The average molecular weight is 520 g/mol. The minimum absolute atomic E-state index is 0.0997. The van der Waals surface area contributed by atoms with Gasteiger partial charge in [0.05, 0.1) is 22.1 Å². The Bertz CT molecular complexity index is 1460. The molecule has 10 heteroatoms. The third-order valence-corrected chi connectivity index (χ3v) is 7.10. The maximum Gasteiger partial charge on any atom is 0.258 e. The van der Waals surface area contributed by atoms with Crippen LogP contribution in [0.5, 0.6) is 5.75 Å². The zero-order valence-electron chi connectivity index (χ0n) is 20.8. The number of aryl methyl sites for hydroxylation is 1. The molecule has 0 aliphatic rings. The van der Waals surface area contributed by atoms with E-state index in [-0.39, 0.29) is 10.8 Å². The van der Waals surface area contributed by atoms with Crippen LogP contribution in [0.15, 0.2) is 82.8 Å². The predicted molar refractivity (Wildman–Crippen MR) is 143 cm³/mol. The van der Waals surface area contributed by atoms with Gasteiger partial charge in [0.2, 0.25) is 10.0 Å². The van der Waals surface area contributed by atoms with E-state index in [2.05, 4.69) is 25.2 Å². The van der Waals surface area contributed by atoms with Crippen molar-refractivity contribution in [3.05, 3.63) is 89.7 Å². The Hall–Kier alpha value is -4.02. The fourth-order valence-corrected chi connectivity index (χ4v) is 4.90. The third kappa shape index (κ3) is 6.81. The lowest BCUT2D eigenvalue weighted by Crippen LogP contribution is -2.48. The highest BCUT2D eigenvalue weighted by atomic mass is 32.2. The van der Waals surface area contributed by atoms with Crippen molar-refractivity contribution in [3.8, 4) is 5.75 Å². The number of hydrogen-bond donors (Lipinski definition) is 3. The standard InChI is InChI=1S/C27H29N5O4S/c1-18(2)26(32-37(34,35)22-14-8-19(3)9-15-22)27(33)31-28-16-20-10-12-21(13-11-20)36-17-25-29-23-6-4-5-7-24(23)30-25/h4-16,18,26,32H,17H2,1-3H3,(H,29,30)(H,31,33)/b28-16-/t26-/m1/s1. The van der Waals surface area contributed by atoms with Gasteiger partial charge in [0, 0.05) is 0 Å². The van der Waals surface area contributed by atoms with Gasteiger partial charge >= 0.3 is 0 Å². The van der Waals surface area contributed by atoms with Gasteiger partial charge in [-0.05, 0) is 66.9 Å². The molecule has 0 unspecified atom stereocenters. The highest BCUT2D eigenvalue weighted by molar-refractivity contribution is 7.89. The van der Waals surface area contributed by atoms with Crippen LogP contribution in [0.1, 0.15) is 30.8 Å². The second-order valence-electron chi connectivity index (χ2n) is 8.95. The molecule has 0 fully saturated rings. The molecule has 37 heavy (non-hydrogen) atoms. The second kappa shape index (κ2) is 11.4. The lowest BCUT2D eigenvalue weighted by Gasteiger charge is -2.20. The number of hydrazone groups is 1. The molecule has 0 aliphatic heterocycles. The van der Waals surface area contributed by atoms with E-state index in [1.54, 1.807) is 50.2 Å². The fourth-order valence-electron chi connectivity index (χ4n) is 3.56. The Morgan fingerprint density at radius 3 is 2.43 bits per heavy atom. The lowest BCUT2D eigenvalue weighted by atomic mass is 10.1. The fraction of sp³-hybridized carbons (Fsp3) is 0.222. The molecular formula is C27H29N5O4S. The number of para-hydroxylation sites is 2. The smallest absolute Gasteiger partial charge is 0.258 e. The molecule has 4 aromatic rings. The van der Waals surface area contributed by atoms with Crippen LogP contribution in [0.2, 0.25) is 0 Å². The molecule has 0 radical (unpaired) electrons. The molecule has 1 heterocycles. The van der Waals surface area contributed by atoms with Crippen LogP contribution in [0, 0.1) is 12.8 Å². The predicted octanol–water partition coefficient (Wildman–Crippen LogP) is 3.90. The summed E-state index contributed by atoms with van der Waals surface area (Å²) in [5.74, 6) is 0.547. The molecule has 9 nitrogen and oxygen atoms in total. The van der Waals surface area contributed by atoms with Gasteiger partial charge in [-0.15, -0.1) is 0 Å². The number of nitrogens with one attached hydrogen (secondary N) is 3. The number of aromatic amines is 1. The summed E-state index contributed by atoms with van der Waals surface area (Å²) in [5.41, 5.74) is 5.95. The second-order valence-corrected chi connectivity index (χ2v) is 10.7. The first kappa shape index (κ1) is 26.1. The van der Waals surface area contributed by atoms with Crippen molar-refractivity contribution in [1.82, 2.24) is 20.1 Å². The monoisotopic (exact) mass is 519 g/mol. The van der Waals surface area contributed by atoms with Crippen molar-refractivity contribution in [1.29, 1.82) is 0 Å². The molecular weight excluding hydrogens is 490 g/mol. The van der Waals surface area contributed by atoms with Gasteiger partial charge in [0.1, 0.15) is 24.2 Å². The number of benzene rings is 3. The summed E-state index contributed by atoms with van der Waals surface area (Å²) in [6, 6.07) is 20.4. The Morgan fingerprint density at radius 1 is 1.05 bits per heavy atom. The van der Waals surface area contributed by atoms with Crippen LogP contribution in [-0.2, 0) is 21.4 Å². The van der Waals surface area contributed by atoms with E-state index in [1.807, 2.05) is 31.2 Å². The number of rotatable bonds is 10. The lowest BCUT2D eigenvalue weighted by molar-refractivity contribution is -0.123. The normalized spacial score (nSPS) is 12.8. The van der Waals surface area contributed by atoms with Crippen LogP contribution < -0.4 is 14.9 Å². The number of fused-ring (bicyclic) bond motifs is 1. The third-order valence-electron chi connectivity index (χ3n) is 5.64. The molecule has 3 aromatic carbocycles. The Labute approximate surface area is 216 Å². The summed E-state index contributed by atoms with van der Waals surface area (Å²) >= 11 is 0. The van der Waals surface area contributed by atoms with Crippen molar-refractivity contribution in [3.63, 3.8) is 0 Å². The molecule has 0 saturated heterocycles. The molecule has 1 aromatic heterocycles. The van der Waals surface area contributed by atoms with Gasteiger partial charge in [-0.1, -0.05) is 43.7 Å². The number of ether oxygens (including phenoxy) is 1. The van der Waals surface area contributed by atoms with Crippen LogP contribution in [0.4, 0.5) is 0 Å². The summed E-state index contributed by atoms with van der Waals surface area (Å²) in [6.07, 6.45) is 1.48. The first-order chi connectivity index (χ1) is 17.7. The van der Waals surface area contributed by atoms with Gasteiger partial charge in [0.25, 0.3) is 5.91 Å². The van der Waals surface area contributed by atoms with Crippen LogP contribution in [-0.4, -0.2) is 36.5 Å². The van der Waals surface area contributed by atoms with Crippen molar-refractivity contribution in [2.75, 3.05) is 0 Å². The number of nitrogens with zero attached hydrogens (tertiary/aromatic N) is 2. The molecule has 0 aliphatic carbocycles. The van der Waals surface area contributed by atoms with E-state index in [4.69, 9.17) is 4.74 Å². The SMILES string of the molecule is Cc1ccc(S(=O)(=O)N[C@@H](C(=O)N/N=C\c2ccc(OCc3nc4ccccc4[nH]3)cc2)C(C)C)cc1. The number of aromatic nitrogens is 2. The van der Waals surface area contributed by atoms with Gasteiger partial charge in [-0.25, -0.2) is 18.8 Å². The summed E-state index contributed by atoms with van der Waals surface area (Å²) in [7, 11) is -3.86. The molecule has 1 atom stereocenters. The maximum absolute atomic E-state index is 12.7. The number of H-pyrrole nitrogens is 1. The highest BCUT2D eigenvalue weighted by Gasteiger charge is 2.28. The first-order valence-corrected chi connectivity index (χ1v) is 13.3. The Balaban J connectivity index is 1.32. The maximum atomic E-state index is 12.7. The number of carbonyl (C=O) groups excluding carboxylic acids is 1. The van der Waals surface area contributed by atoms with Crippen LogP contribution >= 0.6 is 0 Å². The highest BCUT2D eigenvalue weighted by Crippen LogP contribution is 2.16. The molecule has 4 rings (SSSR count). The van der Waals surface area contributed by atoms with Crippen molar-refractivity contribution in [2.24, 2.45) is 11.0 Å². The molecule has 192 valence electrons. The van der Waals surface area contributed by atoms with E-state index in [1.165, 1.54) is 18.3 Å². The van der Waals surface area contributed by atoms with E-state index in [9.17, 15) is 13.2 Å². The summed E-state index contributed by atoms with van der Waals surface area (Å²) in [4.78, 5) is 20.5.